The van der Waals surface area contributed by atoms with Crippen molar-refractivity contribution in [1.29, 1.82) is 0 Å². The van der Waals surface area contributed by atoms with Crippen LogP contribution in [0.25, 0.3) is 11.4 Å². The zero-order valence-corrected chi connectivity index (χ0v) is 11.7. The van der Waals surface area contributed by atoms with Gasteiger partial charge in [-0.15, -0.1) is 0 Å². The minimum absolute atomic E-state index is 0.275. The molecule has 0 aliphatic heterocycles. The van der Waals surface area contributed by atoms with Gasteiger partial charge in [-0.3, -0.25) is 0 Å². The summed E-state index contributed by atoms with van der Waals surface area (Å²) in [7, 11) is 0. The highest BCUT2D eigenvalue weighted by Crippen LogP contribution is 2.21. The Bertz CT molecular complexity index is 538. The second kappa shape index (κ2) is 6.16. The van der Waals surface area contributed by atoms with Crippen LogP contribution in [0.15, 0.2) is 22.7 Å². The molecule has 0 amide bonds. The van der Waals surface area contributed by atoms with Gasteiger partial charge in [0.2, 0.25) is 11.7 Å². The molecular formula is C13H16FN3OS. The SMILES string of the molecule is CSCC[C@H](N)c1nc(-c2cc(C)cc(F)c2)no1. The lowest BCUT2D eigenvalue weighted by atomic mass is 10.1. The molecule has 0 radical (unpaired) electrons. The van der Waals surface area contributed by atoms with E-state index in [1.54, 1.807) is 11.8 Å². The number of thioether (sulfide) groups is 1. The Morgan fingerprint density at radius 1 is 1.42 bits per heavy atom. The first kappa shape index (κ1) is 14.0. The van der Waals surface area contributed by atoms with Crippen molar-refractivity contribution in [3.8, 4) is 11.4 Å². The molecule has 1 heterocycles. The Balaban J connectivity index is 2.20. The van der Waals surface area contributed by atoms with Crippen LogP contribution < -0.4 is 5.73 Å². The van der Waals surface area contributed by atoms with E-state index in [1.807, 2.05) is 19.2 Å². The molecule has 0 unspecified atom stereocenters. The maximum Gasteiger partial charge on any atom is 0.243 e. The van der Waals surface area contributed by atoms with E-state index in [1.165, 1.54) is 12.1 Å². The molecule has 102 valence electrons. The highest BCUT2D eigenvalue weighted by molar-refractivity contribution is 7.98. The van der Waals surface area contributed by atoms with Gasteiger partial charge in [0.15, 0.2) is 0 Å². The fourth-order valence-electron chi connectivity index (χ4n) is 1.74. The lowest BCUT2D eigenvalue weighted by molar-refractivity contribution is 0.353. The van der Waals surface area contributed by atoms with Crippen molar-refractivity contribution < 1.29 is 8.91 Å². The highest BCUT2D eigenvalue weighted by atomic mass is 32.2. The quantitative estimate of drug-likeness (QED) is 0.912. The first-order chi connectivity index (χ1) is 9.10. The molecule has 4 nitrogen and oxygen atoms in total. The van der Waals surface area contributed by atoms with Crippen molar-refractivity contribution >= 4 is 11.8 Å². The normalized spacial score (nSPS) is 12.6. The van der Waals surface area contributed by atoms with Crippen LogP contribution in [0.2, 0.25) is 0 Å². The van der Waals surface area contributed by atoms with Gasteiger partial charge in [-0.2, -0.15) is 16.7 Å². The number of rotatable bonds is 5. The number of halogens is 1. The van der Waals surface area contributed by atoms with Crippen LogP contribution in [0.1, 0.15) is 23.9 Å². The number of benzene rings is 1. The van der Waals surface area contributed by atoms with Crippen molar-refractivity contribution in [1.82, 2.24) is 10.1 Å². The molecule has 6 heteroatoms. The molecule has 0 aliphatic carbocycles. The average molecular weight is 281 g/mol. The Morgan fingerprint density at radius 3 is 2.89 bits per heavy atom. The maximum absolute atomic E-state index is 13.3. The van der Waals surface area contributed by atoms with Crippen LogP contribution >= 0.6 is 11.8 Å². The summed E-state index contributed by atoms with van der Waals surface area (Å²) in [5.41, 5.74) is 7.36. The number of hydrogen-bond acceptors (Lipinski definition) is 5. The van der Waals surface area contributed by atoms with E-state index < -0.39 is 0 Å². The largest absolute Gasteiger partial charge is 0.337 e. The van der Waals surface area contributed by atoms with Gasteiger partial charge >= 0.3 is 0 Å². The third-order valence-electron chi connectivity index (χ3n) is 2.69. The van der Waals surface area contributed by atoms with Crippen LogP contribution in [0.5, 0.6) is 0 Å². The van der Waals surface area contributed by atoms with Crippen molar-refractivity contribution in [2.45, 2.75) is 19.4 Å². The number of aryl methyl sites for hydroxylation is 1. The second-order valence-electron chi connectivity index (χ2n) is 4.36. The fourth-order valence-corrected chi connectivity index (χ4v) is 2.23. The zero-order chi connectivity index (χ0) is 13.8. The van der Waals surface area contributed by atoms with Crippen LogP contribution in [0, 0.1) is 12.7 Å². The Kier molecular flexibility index (Phi) is 4.55. The minimum atomic E-state index is -0.312. The van der Waals surface area contributed by atoms with Gasteiger partial charge in [-0.05, 0) is 49.1 Å². The molecule has 19 heavy (non-hydrogen) atoms. The monoisotopic (exact) mass is 281 g/mol. The van der Waals surface area contributed by atoms with Gasteiger partial charge in [0.1, 0.15) is 5.82 Å². The summed E-state index contributed by atoms with van der Waals surface area (Å²) < 4.78 is 18.5. The molecule has 0 aliphatic rings. The first-order valence-corrected chi connectivity index (χ1v) is 7.35. The molecular weight excluding hydrogens is 265 g/mol. The third-order valence-corrected chi connectivity index (χ3v) is 3.34. The maximum atomic E-state index is 13.3. The molecule has 1 aromatic heterocycles. The van der Waals surface area contributed by atoms with Gasteiger partial charge in [-0.25, -0.2) is 4.39 Å². The summed E-state index contributed by atoms with van der Waals surface area (Å²) >= 11 is 1.71. The van der Waals surface area contributed by atoms with E-state index in [9.17, 15) is 4.39 Å². The van der Waals surface area contributed by atoms with E-state index in [4.69, 9.17) is 10.3 Å². The Morgan fingerprint density at radius 2 is 2.21 bits per heavy atom. The third kappa shape index (κ3) is 3.54. The fraction of sp³-hybridized carbons (Fsp3) is 0.385. The summed E-state index contributed by atoms with van der Waals surface area (Å²) in [5, 5.41) is 3.86. The molecule has 2 aromatic rings. The average Bonchev–Trinajstić information content (AvgIpc) is 2.84. The molecule has 2 rings (SSSR count). The molecule has 2 N–H and O–H groups in total. The van der Waals surface area contributed by atoms with Crippen LogP contribution in [-0.4, -0.2) is 22.1 Å². The lowest BCUT2D eigenvalue weighted by Crippen LogP contribution is -2.11. The van der Waals surface area contributed by atoms with Gasteiger partial charge < -0.3 is 10.3 Å². The lowest BCUT2D eigenvalue weighted by Gasteiger charge is -2.03. The number of nitrogens with zero attached hydrogens (tertiary/aromatic N) is 2. The summed E-state index contributed by atoms with van der Waals surface area (Å²) in [4.78, 5) is 4.24. The summed E-state index contributed by atoms with van der Waals surface area (Å²) in [6, 6.07) is 4.37. The van der Waals surface area contributed by atoms with Crippen molar-refractivity contribution in [3.63, 3.8) is 0 Å². The van der Waals surface area contributed by atoms with E-state index in [2.05, 4.69) is 10.1 Å². The number of aromatic nitrogens is 2. The first-order valence-electron chi connectivity index (χ1n) is 5.96. The summed E-state index contributed by atoms with van der Waals surface area (Å²) in [6.07, 6.45) is 2.78. The van der Waals surface area contributed by atoms with E-state index in [-0.39, 0.29) is 11.9 Å². The second-order valence-corrected chi connectivity index (χ2v) is 5.35. The van der Waals surface area contributed by atoms with Gasteiger partial charge in [-0.1, -0.05) is 5.16 Å². The van der Waals surface area contributed by atoms with Gasteiger partial charge in [0.05, 0.1) is 6.04 Å². The van der Waals surface area contributed by atoms with Crippen molar-refractivity contribution in [2.24, 2.45) is 5.73 Å². The Hall–Kier alpha value is -1.40. The standard InChI is InChI=1S/C13H16FN3OS/c1-8-5-9(7-10(14)6-8)12-16-13(18-17-12)11(15)3-4-19-2/h5-7,11H,3-4,15H2,1-2H3/t11-/m0/s1. The molecule has 0 saturated carbocycles. The van der Waals surface area contributed by atoms with E-state index in [0.29, 0.717) is 17.3 Å². The highest BCUT2D eigenvalue weighted by Gasteiger charge is 2.15. The van der Waals surface area contributed by atoms with Crippen molar-refractivity contribution in [3.05, 3.63) is 35.5 Å². The van der Waals surface area contributed by atoms with Crippen molar-refractivity contribution in [2.75, 3.05) is 12.0 Å². The molecule has 0 saturated heterocycles. The minimum Gasteiger partial charge on any atom is -0.337 e. The zero-order valence-electron chi connectivity index (χ0n) is 10.9. The Labute approximate surface area is 115 Å². The smallest absolute Gasteiger partial charge is 0.243 e. The predicted molar refractivity (Wildman–Crippen MR) is 74.4 cm³/mol. The van der Waals surface area contributed by atoms with Crippen LogP contribution in [0.3, 0.4) is 0 Å². The topological polar surface area (TPSA) is 64.9 Å². The molecule has 0 fully saturated rings. The number of nitrogens with two attached hydrogens (primary N) is 1. The van der Waals surface area contributed by atoms with E-state index >= 15 is 0 Å². The van der Waals surface area contributed by atoms with Gasteiger partial charge in [0, 0.05) is 5.56 Å². The molecule has 0 bridgehead atoms. The summed E-state index contributed by atoms with van der Waals surface area (Å²) in [5.74, 6) is 1.38. The molecule has 0 spiro atoms. The molecule has 1 aromatic carbocycles. The molecule has 1 atom stereocenters. The predicted octanol–water partition coefficient (Wildman–Crippen LogP) is 2.94. The number of hydrogen-bond donors (Lipinski definition) is 1. The van der Waals surface area contributed by atoms with Crippen LogP contribution in [-0.2, 0) is 0 Å². The van der Waals surface area contributed by atoms with Gasteiger partial charge in [0.25, 0.3) is 0 Å². The van der Waals surface area contributed by atoms with E-state index in [0.717, 1.165) is 17.7 Å². The summed E-state index contributed by atoms with van der Waals surface area (Å²) in [6.45, 7) is 1.82. The van der Waals surface area contributed by atoms with Crippen LogP contribution in [0.4, 0.5) is 4.39 Å².